The SMILES string of the molecule is CCCOCC(=O)C(C)(N)CCC. The number of ketones is 1. The first kappa shape index (κ1) is 12.6. The molecule has 3 nitrogen and oxygen atoms in total. The zero-order chi connectivity index (χ0) is 10.3. The van der Waals surface area contributed by atoms with Crippen molar-refractivity contribution >= 4 is 5.78 Å². The number of hydrogen-bond acceptors (Lipinski definition) is 3. The number of Topliss-reactive ketones (excluding diaryl/α,β-unsaturated/α-hetero) is 1. The highest BCUT2D eigenvalue weighted by Gasteiger charge is 2.26. The zero-order valence-electron chi connectivity index (χ0n) is 8.93. The van der Waals surface area contributed by atoms with Gasteiger partial charge in [0.1, 0.15) is 6.61 Å². The fraction of sp³-hybridized carbons (Fsp3) is 0.900. The largest absolute Gasteiger partial charge is 0.374 e. The lowest BCUT2D eigenvalue weighted by atomic mass is 9.93. The van der Waals surface area contributed by atoms with Crippen molar-refractivity contribution in [2.75, 3.05) is 13.2 Å². The standard InChI is InChI=1S/C10H21NO2/c1-4-6-10(3,11)9(12)8-13-7-5-2/h4-8,11H2,1-3H3. The quantitative estimate of drug-likeness (QED) is 0.614. The van der Waals surface area contributed by atoms with Crippen LogP contribution in [-0.4, -0.2) is 24.5 Å². The van der Waals surface area contributed by atoms with Crippen LogP contribution < -0.4 is 5.73 Å². The first-order chi connectivity index (χ1) is 6.04. The first-order valence-corrected chi connectivity index (χ1v) is 4.94. The second-order valence-corrected chi connectivity index (χ2v) is 3.64. The minimum atomic E-state index is -0.706. The summed E-state index contributed by atoms with van der Waals surface area (Å²) in [5, 5.41) is 0. The highest BCUT2D eigenvalue weighted by atomic mass is 16.5. The van der Waals surface area contributed by atoms with E-state index in [0.29, 0.717) is 6.61 Å². The van der Waals surface area contributed by atoms with Crippen molar-refractivity contribution in [2.24, 2.45) is 5.73 Å². The normalized spacial score (nSPS) is 15.4. The second-order valence-electron chi connectivity index (χ2n) is 3.64. The average Bonchev–Trinajstić information content (AvgIpc) is 2.04. The van der Waals surface area contributed by atoms with Gasteiger partial charge in [-0.15, -0.1) is 0 Å². The van der Waals surface area contributed by atoms with E-state index < -0.39 is 5.54 Å². The summed E-state index contributed by atoms with van der Waals surface area (Å²) in [6.07, 6.45) is 2.58. The molecule has 0 saturated carbocycles. The van der Waals surface area contributed by atoms with Crippen molar-refractivity contribution in [1.29, 1.82) is 0 Å². The monoisotopic (exact) mass is 187 g/mol. The van der Waals surface area contributed by atoms with Gasteiger partial charge in [0, 0.05) is 6.61 Å². The number of hydrogen-bond donors (Lipinski definition) is 1. The highest BCUT2D eigenvalue weighted by molar-refractivity contribution is 5.88. The van der Waals surface area contributed by atoms with Crippen LogP contribution in [0.2, 0.25) is 0 Å². The highest BCUT2D eigenvalue weighted by Crippen LogP contribution is 2.09. The molecule has 0 aromatic rings. The molecule has 0 aliphatic carbocycles. The van der Waals surface area contributed by atoms with Gasteiger partial charge in [-0.25, -0.2) is 0 Å². The van der Waals surface area contributed by atoms with Crippen LogP contribution in [-0.2, 0) is 9.53 Å². The molecule has 1 unspecified atom stereocenters. The third-order valence-corrected chi connectivity index (χ3v) is 1.99. The molecular weight excluding hydrogens is 166 g/mol. The maximum Gasteiger partial charge on any atom is 0.177 e. The molecule has 0 spiro atoms. The summed E-state index contributed by atoms with van der Waals surface area (Å²) in [5.74, 6) is 0.00259. The van der Waals surface area contributed by atoms with Gasteiger partial charge in [0.15, 0.2) is 5.78 Å². The van der Waals surface area contributed by atoms with Crippen molar-refractivity contribution in [3.63, 3.8) is 0 Å². The van der Waals surface area contributed by atoms with Gasteiger partial charge in [0.05, 0.1) is 5.54 Å². The van der Waals surface area contributed by atoms with E-state index in [9.17, 15) is 4.79 Å². The molecule has 0 amide bonds. The topological polar surface area (TPSA) is 52.3 Å². The van der Waals surface area contributed by atoms with Gasteiger partial charge < -0.3 is 10.5 Å². The van der Waals surface area contributed by atoms with Gasteiger partial charge >= 0.3 is 0 Å². The second kappa shape index (κ2) is 6.11. The molecule has 0 bridgehead atoms. The van der Waals surface area contributed by atoms with E-state index in [1.54, 1.807) is 6.92 Å². The Labute approximate surface area is 80.6 Å². The third kappa shape index (κ3) is 5.01. The summed E-state index contributed by atoms with van der Waals surface area (Å²) < 4.78 is 5.15. The third-order valence-electron chi connectivity index (χ3n) is 1.99. The lowest BCUT2D eigenvalue weighted by Gasteiger charge is -2.21. The van der Waals surface area contributed by atoms with E-state index in [1.807, 2.05) is 13.8 Å². The minimum absolute atomic E-state index is 0.00259. The van der Waals surface area contributed by atoms with E-state index >= 15 is 0 Å². The molecule has 13 heavy (non-hydrogen) atoms. The number of ether oxygens (including phenoxy) is 1. The van der Waals surface area contributed by atoms with Crippen molar-refractivity contribution < 1.29 is 9.53 Å². The predicted molar refractivity (Wildman–Crippen MR) is 53.6 cm³/mol. The Bertz CT molecular complexity index is 155. The Morgan fingerprint density at radius 2 is 2.00 bits per heavy atom. The van der Waals surface area contributed by atoms with Crippen LogP contribution in [0.15, 0.2) is 0 Å². The molecule has 1 atom stereocenters. The summed E-state index contributed by atoms with van der Waals surface area (Å²) in [5.41, 5.74) is 5.12. The Morgan fingerprint density at radius 1 is 1.38 bits per heavy atom. The van der Waals surface area contributed by atoms with Crippen molar-refractivity contribution in [3.05, 3.63) is 0 Å². The van der Waals surface area contributed by atoms with Crippen LogP contribution in [0.3, 0.4) is 0 Å². The molecule has 0 saturated heterocycles. The molecule has 0 radical (unpaired) electrons. The van der Waals surface area contributed by atoms with Crippen molar-refractivity contribution in [1.82, 2.24) is 0 Å². The smallest absolute Gasteiger partial charge is 0.177 e. The van der Waals surface area contributed by atoms with Gasteiger partial charge in [-0.05, 0) is 19.8 Å². The summed E-state index contributed by atoms with van der Waals surface area (Å²) >= 11 is 0. The van der Waals surface area contributed by atoms with Crippen LogP contribution in [0.5, 0.6) is 0 Å². The molecule has 0 aromatic carbocycles. The average molecular weight is 187 g/mol. The molecule has 0 aromatic heterocycles. The van der Waals surface area contributed by atoms with Gasteiger partial charge in [-0.3, -0.25) is 4.79 Å². The number of carbonyl (C=O) groups is 1. The summed E-state index contributed by atoms with van der Waals surface area (Å²) in [6.45, 7) is 6.59. The molecule has 0 rings (SSSR count). The van der Waals surface area contributed by atoms with Crippen molar-refractivity contribution in [3.8, 4) is 0 Å². The zero-order valence-corrected chi connectivity index (χ0v) is 8.93. The first-order valence-electron chi connectivity index (χ1n) is 4.94. The van der Waals surface area contributed by atoms with Gasteiger partial charge in [-0.2, -0.15) is 0 Å². The molecule has 0 aliphatic rings. The van der Waals surface area contributed by atoms with Crippen LogP contribution in [0, 0.1) is 0 Å². The Balaban J connectivity index is 3.80. The molecule has 0 fully saturated rings. The number of nitrogens with two attached hydrogens (primary N) is 1. The minimum Gasteiger partial charge on any atom is -0.374 e. The fourth-order valence-corrected chi connectivity index (χ4v) is 1.13. The van der Waals surface area contributed by atoms with E-state index in [4.69, 9.17) is 10.5 Å². The van der Waals surface area contributed by atoms with Gasteiger partial charge in [-0.1, -0.05) is 20.3 Å². The Kier molecular flexibility index (Phi) is 5.91. The van der Waals surface area contributed by atoms with Crippen LogP contribution in [0.1, 0.15) is 40.0 Å². The summed E-state index contributed by atoms with van der Waals surface area (Å²) in [4.78, 5) is 11.5. The van der Waals surface area contributed by atoms with Crippen LogP contribution in [0.25, 0.3) is 0 Å². The molecule has 0 aliphatic heterocycles. The van der Waals surface area contributed by atoms with Crippen LogP contribution in [0.4, 0.5) is 0 Å². The molecule has 3 heteroatoms. The molecule has 2 N–H and O–H groups in total. The van der Waals surface area contributed by atoms with E-state index in [1.165, 1.54) is 0 Å². The van der Waals surface area contributed by atoms with Gasteiger partial charge in [0.2, 0.25) is 0 Å². The van der Waals surface area contributed by atoms with Crippen molar-refractivity contribution in [2.45, 2.75) is 45.6 Å². The fourth-order valence-electron chi connectivity index (χ4n) is 1.13. The van der Waals surface area contributed by atoms with Gasteiger partial charge in [0.25, 0.3) is 0 Å². The Hall–Kier alpha value is -0.410. The number of carbonyl (C=O) groups excluding carboxylic acids is 1. The molecule has 78 valence electrons. The lowest BCUT2D eigenvalue weighted by Crippen LogP contribution is -2.46. The molecule has 0 heterocycles. The van der Waals surface area contributed by atoms with E-state index in [-0.39, 0.29) is 12.4 Å². The maximum absolute atomic E-state index is 11.5. The van der Waals surface area contributed by atoms with E-state index in [0.717, 1.165) is 19.3 Å². The lowest BCUT2D eigenvalue weighted by molar-refractivity contribution is -0.128. The molecular formula is C10H21NO2. The van der Waals surface area contributed by atoms with Crippen LogP contribution >= 0.6 is 0 Å². The summed E-state index contributed by atoms with van der Waals surface area (Å²) in [6, 6.07) is 0. The van der Waals surface area contributed by atoms with E-state index in [2.05, 4.69) is 0 Å². The maximum atomic E-state index is 11.5. The number of rotatable bonds is 7. The predicted octanol–water partition coefficient (Wildman–Crippen LogP) is 1.50. The Morgan fingerprint density at radius 3 is 2.46 bits per heavy atom. The summed E-state index contributed by atoms with van der Waals surface area (Å²) in [7, 11) is 0.